The van der Waals surface area contributed by atoms with Gasteiger partial charge in [-0.3, -0.25) is 9.59 Å². The highest BCUT2D eigenvalue weighted by Gasteiger charge is 2.27. The van der Waals surface area contributed by atoms with E-state index < -0.39 is 0 Å². The van der Waals surface area contributed by atoms with Crippen molar-refractivity contribution in [2.45, 2.75) is 26.4 Å². The molecule has 30 heavy (non-hydrogen) atoms. The number of amides is 1. The summed E-state index contributed by atoms with van der Waals surface area (Å²) < 4.78 is 5.94. The van der Waals surface area contributed by atoms with Gasteiger partial charge in [0.2, 0.25) is 0 Å². The molecule has 1 fully saturated rings. The average Bonchev–Trinajstić information content (AvgIpc) is 2.78. The molecule has 1 aliphatic rings. The van der Waals surface area contributed by atoms with Crippen LogP contribution in [0.4, 0.5) is 0 Å². The van der Waals surface area contributed by atoms with Gasteiger partial charge in [0.05, 0.1) is 16.3 Å². The summed E-state index contributed by atoms with van der Waals surface area (Å²) >= 11 is 4.45. The van der Waals surface area contributed by atoms with Crippen LogP contribution in [0.15, 0.2) is 71.9 Å². The van der Waals surface area contributed by atoms with Crippen LogP contribution >= 0.6 is 12.6 Å². The Balaban J connectivity index is 1.63. The highest BCUT2D eigenvalue weighted by molar-refractivity contribution is 7.97. The fourth-order valence-electron chi connectivity index (χ4n) is 3.32. The lowest BCUT2D eigenvalue weighted by Gasteiger charge is -2.32. The quantitative estimate of drug-likeness (QED) is 0.308. The third kappa shape index (κ3) is 5.60. The number of Topliss-reactive ketones (excluding diaryl/α,β-unsaturated/α-hetero) is 1. The topological polar surface area (TPSA) is 59.0 Å². The van der Waals surface area contributed by atoms with E-state index in [-0.39, 0.29) is 23.3 Å². The van der Waals surface area contributed by atoms with Gasteiger partial charge >= 0.3 is 0 Å². The molecule has 1 heterocycles. The fourth-order valence-corrected chi connectivity index (χ4v) is 3.70. The normalized spacial score (nSPS) is 15.0. The highest BCUT2D eigenvalue weighted by Crippen LogP contribution is 2.26. The summed E-state index contributed by atoms with van der Waals surface area (Å²) in [6.45, 7) is 6.70. The van der Waals surface area contributed by atoms with E-state index in [1.807, 2.05) is 53.4 Å². The molecule has 0 aliphatic carbocycles. The average molecular weight is 423 g/mol. The van der Waals surface area contributed by atoms with Gasteiger partial charge in [-0.05, 0) is 30.5 Å². The van der Waals surface area contributed by atoms with Crippen molar-refractivity contribution in [1.29, 1.82) is 0 Å². The summed E-state index contributed by atoms with van der Waals surface area (Å²) in [7, 11) is 0. The Morgan fingerprint density at radius 3 is 2.40 bits per heavy atom. The highest BCUT2D eigenvalue weighted by atomic mass is 32.1. The van der Waals surface area contributed by atoms with Gasteiger partial charge < -0.3 is 9.64 Å². The van der Waals surface area contributed by atoms with Crippen LogP contribution in [0.5, 0.6) is 5.75 Å². The van der Waals surface area contributed by atoms with Crippen LogP contribution in [0.3, 0.4) is 0 Å². The van der Waals surface area contributed by atoms with Crippen molar-refractivity contribution in [1.82, 2.24) is 4.90 Å². The fraction of sp³-hybridized carbons (Fsp3) is 0.292. The zero-order chi connectivity index (χ0) is 21.5. The van der Waals surface area contributed by atoms with Crippen molar-refractivity contribution >= 4 is 29.4 Å². The number of ketones is 1. The number of thiol groups is 1. The number of carbonyl (C=O) groups excluding carboxylic acids is 2. The Morgan fingerprint density at radius 1 is 1.10 bits per heavy atom. The number of allylic oxidation sites excluding steroid dienone is 1. The third-order valence-electron chi connectivity index (χ3n) is 5.16. The molecule has 1 saturated heterocycles. The minimum atomic E-state index is -0.165. The maximum atomic E-state index is 13.1. The van der Waals surface area contributed by atoms with Crippen LogP contribution in [0.1, 0.15) is 35.7 Å². The van der Waals surface area contributed by atoms with Crippen LogP contribution in [-0.4, -0.2) is 34.7 Å². The van der Waals surface area contributed by atoms with Gasteiger partial charge in [-0.1, -0.05) is 49.0 Å². The number of benzene rings is 2. The van der Waals surface area contributed by atoms with Gasteiger partial charge in [-0.25, -0.2) is 4.99 Å². The van der Waals surface area contributed by atoms with Crippen LogP contribution in [-0.2, 0) is 11.4 Å². The summed E-state index contributed by atoms with van der Waals surface area (Å²) in [5.74, 6) is 0.505. The Bertz CT molecular complexity index is 948. The maximum absolute atomic E-state index is 13.1. The first-order chi connectivity index (χ1) is 14.5. The van der Waals surface area contributed by atoms with Crippen molar-refractivity contribution < 1.29 is 14.3 Å². The number of carbonyl (C=O) groups is 2. The molecule has 0 unspecified atom stereocenters. The van der Waals surface area contributed by atoms with Crippen molar-refractivity contribution in [3.05, 3.63) is 78.0 Å². The number of hydrogen-bond acceptors (Lipinski definition) is 4. The standard InChI is InChI=1S/C24H26N2O3S/c1-17(18(2)27)25-23(30)20-12-14-26(15-13-20)24(28)21-10-6-7-11-22(21)29-16-19-8-4-3-5-9-19/h3-11,20H,1,12-16H2,2H3,(H,25,30). The predicted octanol–water partition coefficient (Wildman–Crippen LogP) is 4.55. The van der Waals surface area contributed by atoms with Crippen LogP contribution < -0.4 is 4.74 Å². The second kappa shape index (κ2) is 10.3. The molecular weight excluding hydrogens is 396 g/mol. The molecule has 0 N–H and O–H groups in total. The molecule has 0 aromatic heterocycles. The van der Waals surface area contributed by atoms with Crippen LogP contribution in [0.2, 0.25) is 0 Å². The second-order valence-electron chi connectivity index (χ2n) is 7.31. The van der Waals surface area contributed by atoms with Crippen molar-refractivity contribution in [2.24, 2.45) is 10.9 Å². The molecule has 0 bridgehead atoms. The zero-order valence-corrected chi connectivity index (χ0v) is 18.0. The summed E-state index contributed by atoms with van der Waals surface area (Å²) in [6.07, 6.45) is 1.48. The molecule has 5 nitrogen and oxygen atoms in total. The van der Waals surface area contributed by atoms with E-state index in [1.54, 1.807) is 6.07 Å². The molecule has 6 heteroatoms. The number of hydrogen-bond donors (Lipinski definition) is 1. The number of rotatable bonds is 7. The molecule has 0 spiro atoms. The van der Waals surface area contributed by atoms with Crippen molar-refractivity contribution in [2.75, 3.05) is 13.1 Å². The van der Waals surface area contributed by atoms with E-state index in [0.29, 0.717) is 36.1 Å². The van der Waals surface area contributed by atoms with Crippen molar-refractivity contribution in [3.63, 3.8) is 0 Å². The minimum Gasteiger partial charge on any atom is -0.488 e. The van der Waals surface area contributed by atoms with Gasteiger partial charge in [0, 0.05) is 25.9 Å². The Labute approximate surface area is 182 Å². The SMILES string of the molecule is C=C(/N=C(\S)C1CCN(C(=O)c2ccccc2OCc2ccccc2)CC1)C(C)=O. The van der Waals surface area contributed by atoms with Gasteiger partial charge in [0.1, 0.15) is 12.4 Å². The van der Waals surface area contributed by atoms with Gasteiger partial charge in [-0.2, -0.15) is 0 Å². The molecule has 0 radical (unpaired) electrons. The maximum Gasteiger partial charge on any atom is 0.257 e. The van der Waals surface area contributed by atoms with E-state index >= 15 is 0 Å². The Kier molecular flexibility index (Phi) is 7.46. The lowest BCUT2D eigenvalue weighted by Crippen LogP contribution is -2.39. The molecule has 0 saturated carbocycles. The van der Waals surface area contributed by atoms with E-state index in [2.05, 4.69) is 24.2 Å². The van der Waals surface area contributed by atoms with Gasteiger partial charge in [0.15, 0.2) is 5.78 Å². The number of likely N-dealkylation sites (tertiary alicyclic amines) is 1. The smallest absolute Gasteiger partial charge is 0.257 e. The van der Waals surface area contributed by atoms with Gasteiger partial charge in [0.25, 0.3) is 5.91 Å². The number of piperidine rings is 1. The number of para-hydroxylation sites is 1. The molecular formula is C24H26N2O3S. The summed E-state index contributed by atoms with van der Waals surface area (Å²) in [6, 6.07) is 17.2. The monoisotopic (exact) mass is 422 g/mol. The summed E-state index contributed by atoms with van der Waals surface area (Å²) in [5.41, 5.74) is 1.83. The number of ether oxygens (including phenoxy) is 1. The third-order valence-corrected chi connectivity index (χ3v) is 5.62. The first-order valence-corrected chi connectivity index (χ1v) is 10.4. The summed E-state index contributed by atoms with van der Waals surface area (Å²) in [4.78, 5) is 30.5. The molecule has 2 aromatic rings. The first kappa shape index (κ1) is 21.8. The Morgan fingerprint density at radius 2 is 1.73 bits per heavy atom. The summed E-state index contributed by atoms with van der Waals surface area (Å²) in [5, 5.41) is 0.605. The second-order valence-corrected chi connectivity index (χ2v) is 7.77. The first-order valence-electron chi connectivity index (χ1n) is 9.98. The number of aliphatic imine (C=N–C) groups is 1. The lowest BCUT2D eigenvalue weighted by atomic mass is 9.97. The number of nitrogens with zero attached hydrogens (tertiary/aromatic N) is 2. The van der Waals surface area contributed by atoms with E-state index in [9.17, 15) is 9.59 Å². The van der Waals surface area contributed by atoms with Gasteiger partial charge in [-0.15, -0.1) is 12.6 Å². The van der Waals surface area contributed by atoms with E-state index in [0.717, 1.165) is 18.4 Å². The predicted molar refractivity (Wildman–Crippen MR) is 122 cm³/mol. The molecule has 3 rings (SSSR count). The molecule has 156 valence electrons. The van der Waals surface area contributed by atoms with Crippen molar-refractivity contribution in [3.8, 4) is 5.75 Å². The molecule has 0 atom stereocenters. The van der Waals surface area contributed by atoms with Crippen LogP contribution in [0.25, 0.3) is 0 Å². The largest absolute Gasteiger partial charge is 0.488 e. The van der Waals surface area contributed by atoms with Crippen LogP contribution in [0, 0.1) is 5.92 Å². The molecule has 2 aromatic carbocycles. The zero-order valence-electron chi connectivity index (χ0n) is 17.1. The molecule has 1 amide bonds. The minimum absolute atomic E-state index is 0.0390. The lowest BCUT2D eigenvalue weighted by molar-refractivity contribution is -0.113. The molecule has 1 aliphatic heterocycles. The van der Waals surface area contributed by atoms with E-state index in [1.165, 1.54) is 6.92 Å². The Hall–Kier alpha value is -2.86. The van der Waals surface area contributed by atoms with E-state index in [4.69, 9.17) is 4.74 Å².